The molecular formula is C11H15N3. The van der Waals surface area contributed by atoms with Crippen LogP contribution in [0.5, 0.6) is 0 Å². The summed E-state index contributed by atoms with van der Waals surface area (Å²) in [6.45, 7) is 0.753. The van der Waals surface area contributed by atoms with Gasteiger partial charge in [-0.1, -0.05) is 12.1 Å². The number of fused-ring (bicyclic) bond motifs is 1. The highest BCUT2D eigenvalue weighted by Crippen LogP contribution is 2.15. The third-order valence-electron chi connectivity index (χ3n) is 2.48. The van der Waals surface area contributed by atoms with E-state index in [4.69, 9.17) is 5.73 Å². The van der Waals surface area contributed by atoms with Crippen molar-refractivity contribution in [1.29, 1.82) is 0 Å². The first-order valence-corrected chi connectivity index (χ1v) is 4.92. The molecule has 1 aromatic heterocycles. The van der Waals surface area contributed by atoms with Gasteiger partial charge in [-0.25, -0.2) is 0 Å². The second-order valence-corrected chi connectivity index (χ2v) is 3.55. The van der Waals surface area contributed by atoms with Crippen molar-refractivity contribution in [2.75, 3.05) is 6.54 Å². The molecule has 2 N–H and O–H groups in total. The molecule has 0 amide bonds. The van der Waals surface area contributed by atoms with E-state index in [9.17, 15) is 0 Å². The lowest BCUT2D eigenvalue weighted by Gasteiger charge is -2.00. The fourth-order valence-electron chi connectivity index (χ4n) is 1.65. The van der Waals surface area contributed by atoms with Gasteiger partial charge in [0.05, 0.1) is 11.7 Å². The zero-order chi connectivity index (χ0) is 9.97. The summed E-state index contributed by atoms with van der Waals surface area (Å²) >= 11 is 0. The van der Waals surface area contributed by atoms with Crippen LogP contribution in [0.2, 0.25) is 0 Å². The second-order valence-electron chi connectivity index (χ2n) is 3.55. The van der Waals surface area contributed by atoms with E-state index in [1.165, 1.54) is 16.5 Å². The minimum atomic E-state index is 0.753. The lowest BCUT2D eigenvalue weighted by Crippen LogP contribution is -2.00. The molecule has 0 saturated carbocycles. The average Bonchev–Trinajstić information content (AvgIpc) is 2.57. The Morgan fingerprint density at radius 2 is 2.29 bits per heavy atom. The second kappa shape index (κ2) is 3.80. The third kappa shape index (κ3) is 1.63. The van der Waals surface area contributed by atoms with Crippen molar-refractivity contribution in [2.45, 2.75) is 12.8 Å². The van der Waals surface area contributed by atoms with E-state index in [-0.39, 0.29) is 0 Å². The van der Waals surface area contributed by atoms with Gasteiger partial charge < -0.3 is 5.73 Å². The molecule has 0 radical (unpaired) electrons. The van der Waals surface area contributed by atoms with E-state index in [0.717, 1.165) is 19.4 Å². The molecule has 3 heteroatoms. The minimum absolute atomic E-state index is 0.753. The van der Waals surface area contributed by atoms with Crippen LogP contribution in [-0.4, -0.2) is 16.3 Å². The molecule has 3 nitrogen and oxygen atoms in total. The van der Waals surface area contributed by atoms with E-state index >= 15 is 0 Å². The smallest absolute Gasteiger partial charge is 0.0681 e. The first-order chi connectivity index (χ1) is 6.81. The van der Waals surface area contributed by atoms with Crippen LogP contribution in [0.1, 0.15) is 12.0 Å². The van der Waals surface area contributed by atoms with Crippen LogP contribution in [0.3, 0.4) is 0 Å². The molecule has 0 unspecified atom stereocenters. The highest BCUT2D eigenvalue weighted by atomic mass is 15.2. The Morgan fingerprint density at radius 1 is 1.43 bits per heavy atom. The average molecular weight is 189 g/mol. The van der Waals surface area contributed by atoms with Crippen molar-refractivity contribution in [1.82, 2.24) is 9.78 Å². The van der Waals surface area contributed by atoms with Crippen molar-refractivity contribution in [3.63, 3.8) is 0 Å². The molecule has 0 aliphatic heterocycles. The molecule has 0 fully saturated rings. The van der Waals surface area contributed by atoms with Crippen LogP contribution < -0.4 is 5.73 Å². The van der Waals surface area contributed by atoms with Gasteiger partial charge in [-0.05, 0) is 31.0 Å². The summed E-state index contributed by atoms with van der Waals surface area (Å²) in [6.07, 6.45) is 3.99. The molecular weight excluding hydrogens is 174 g/mol. The van der Waals surface area contributed by atoms with Gasteiger partial charge in [0.2, 0.25) is 0 Å². The van der Waals surface area contributed by atoms with Crippen LogP contribution in [-0.2, 0) is 13.5 Å². The Bertz CT molecular complexity index is 431. The van der Waals surface area contributed by atoms with Gasteiger partial charge in [0.15, 0.2) is 0 Å². The SMILES string of the molecule is Cn1ncc2ccc(CCCN)cc21. The number of hydrogen-bond acceptors (Lipinski definition) is 2. The van der Waals surface area contributed by atoms with Crippen LogP contribution in [0, 0.1) is 0 Å². The standard InChI is InChI=1S/C11H15N3/c1-14-11-7-9(3-2-6-12)4-5-10(11)8-13-14/h4-5,7-8H,2-3,6,12H2,1H3. The number of nitrogens with two attached hydrogens (primary N) is 1. The summed E-state index contributed by atoms with van der Waals surface area (Å²) in [6, 6.07) is 6.46. The Morgan fingerprint density at radius 3 is 3.07 bits per heavy atom. The Labute approximate surface area is 83.5 Å². The van der Waals surface area contributed by atoms with E-state index < -0.39 is 0 Å². The first-order valence-electron chi connectivity index (χ1n) is 4.92. The zero-order valence-corrected chi connectivity index (χ0v) is 8.40. The summed E-state index contributed by atoms with van der Waals surface area (Å²) in [4.78, 5) is 0. The topological polar surface area (TPSA) is 43.8 Å². The van der Waals surface area contributed by atoms with E-state index in [1.807, 2.05) is 17.9 Å². The lowest BCUT2D eigenvalue weighted by molar-refractivity contribution is 0.794. The van der Waals surface area contributed by atoms with Crippen molar-refractivity contribution in [2.24, 2.45) is 12.8 Å². The van der Waals surface area contributed by atoms with Crippen molar-refractivity contribution in [3.05, 3.63) is 30.0 Å². The lowest BCUT2D eigenvalue weighted by atomic mass is 10.1. The van der Waals surface area contributed by atoms with Crippen LogP contribution in [0.4, 0.5) is 0 Å². The molecule has 1 aromatic carbocycles. The summed E-state index contributed by atoms with van der Waals surface area (Å²) in [5.74, 6) is 0. The molecule has 0 spiro atoms. The molecule has 0 bridgehead atoms. The van der Waals surface area contributed by atoms with Gasteiger partial charge in [-0.15, -0.1) is 0 Å². The van der Waals surface area contributed by atoms with Gasteiger partial charge >= 0.3 is 0 Å². The van der Waals surface area contributed by atoms with E-state index in [2.05, 4.69) is 23.3 Å². The summed E-state index contributed by atoms with van der Waals surface area (Å²) in [5.41, 5.74) is 8.01. The summed E-state index contributed by atoms with van der Waals surface area (Å²) in [7, 11) is 1.97. The Balaban J connectivity index is 2.34. The number of benzene rings is 1. The normalized spacial score (nSPS) is 11.0. The maximum Gasteiger partial charge on any atom is 0.0681 e. The van der Waals surface area contributed by atoms with Crippen LogP contribution in [0.25, 0.3) is 10.9 Å². The molecule has 0 aliphatic carbocycles. The molecule has 1 heterocycles. The molecule has 2 aromatic rings. The molecule has 0 atom stereocenters. The minimum Gasteiger partial charge on any atom is -0.330 e. The monoisotopic (exact) mass is 189 g/mol. The van der Waals surface area contributed by atoms with Crippen molar-refractivity contribution < 1.29 is 0 Å². The molecule has 0 aliphatic rings. The number of hydrogen-bond donors (Lipinski definition) is 1. The predicted octanol–water partition coefficient (Wildman–Crippen LogP) is 1.46. The van der Waals surface area contributed by atoms with Gasteiger partial charge in [0.25, 0.3) is 0 Å². The van der Waals surface area contributed by atoms with Crippen LogP contribution in [0.15, 0.2) is 24.4 Å². The Kier molecular flexibility index (Phi) is 2.50. The number of aryl methyl sites for hydroxylation is 2. The van der Waals surface area contributed by atoms with Gasteiger partial charge in [0.1, 0.15) is 0 Å². The first kappa shape index (κ1) is 9.21. The number of nitrogens with zero attached hydrogens (tertiary/aromatic N) is 2. The molecule has 2 rings (SSSR count). The molecule has 74 valence electrons. The van der Waals surface area contributed by atoms with Crippen LogP contribution >= 0.6 is 0 Å². The number of rotatable bonds is 3. The number of aromatic nitrogens is 2. The van der Waals surface area contributed by atoms with Crippen molar-refractivity contribution in [3.8, 4) is 0 Å². The molecule has 0 saturated heterocycles. The van der Waals surface area contributed by atoms with Gasteiger partial charge in [0, 0.05) is 12.4 Å². The van der Waals surface area contributed by atoms with Gasteiger partial charge in [-0.2, -0.15) is 5.10 Å². The molecule has 14 heavy (non-hydrogen) atoms. The fraction of sp³-hybridized carbons (Fsp3) is 0.364. The Hall–Kier alpha value is -1.35. The zero-order valence-electron chi connectivity index (χ0n) is 8.40. The third-order valence-corrected chi connectivity index (χ3v) is 2.48. The highest BCUT2D eigenvalue weighted by molar-refractivity contribution is 5.79. The highest BCUT2D eigenvalue weighted by Gasteiger charge is 2.00. The summed E-state index contributed by atoms with van der Waals surface area (Å²) < 4.78 is 1.90. The maximum absolute atomic E-state index is 5.48. The quantitative estimate of drug-likeness (QED) is 0.794. The fourth-order valence-corrected chi connectivity index (χ4v) is 1.65. The van der Waals surface area contributed by atoms with Crippen molar-refractivity contribution >= 4 is 10.9 Å². The van der Waals surface area contributed by atoms with E-state index in [1.54, 1.807) is 0 Å². The summed E-state index contributed by atoms with van der Waals surface area (Å²) in [5, 5.41) is 5.41. The largest absolute Gasteiger partial charge is 0.330 e. The maximum atomic E-state index is 5.48. The van der Waals surface area contributed by atoms with Gasteiger partial charge in [-0.3, -0.25) is 4.68 Å². The predicted molar refractivity (Wildman–Crippen MR) is 58.1 cm³/mol. The van der Waals surface area contributed by atoms with E-state index in [0.29, 0.717) is 0 Å².